The quantitative estimate of drug-likeness (QED) is 0.761. The van der Waals surface area contributed by atoms with E-state index in [1.165, 1.54) is 12.8 Å². The second-order valence-corrected chi connectivity index (χ2v) is 4.33. The lowest BCUT2D eigenvalue weighted by atomic mass is 10.2. The van der Waals surface area contributed by atoms with Crippen LogP contribution in [0, 0.1) is 0 Å². The van der Waals surface area contributed by atoms with Crippen molar-refractivity contribution in [2.75, 3.05) is 13.1 Å². The van der Waals surface area contributed by atoms with Crippen molar-refractivity contribution < 1.29 is 4.79 Å². The molecule has 86 valence electrons. The van der Waals surface area contributed by atoms with Crippen LogP contribution >= 0.6 is 0 Å². The molecule has 0 spiro atoms. The molecule has 1 fully saturated rings. The van der Waals surface area contributed by atoms with Gasteiger partial charge in [-0.1, -0.05) is 12.8 Å². The van der Waals surface area contributed by atoms with Gasteiger partial charge in [-0.2, -0.15) is 0 Å². The number of amides is 1. The van der Waals surface area contributed by atoms with Gasteiger partial charge in [0.15, 0.2) is 0 Å². The Balaban J connectivity index is 1.92. The fourth-order valence-corrected chi connectivity index (χ4v) is 2.11. The second kappa shape index (κ2) is 5.64. The summed E-state index contributed by atoms with van der Waals surface area (Å²) in [5.41, 5.74) is 1.06. The minimum absolute atomic E-state index is 0.258. The molecule has 1 aromatic rings. The minimum atomic E-state index is 0.258. The van der Waals surface area contributed by atoms with Gasteiger partial charge in [0.05, 0.1) is 6.42 Å². The topological polar surface area (TPSA) is 33.2 Å². The van der Waals surface area contributed by atoms with Gasteiger partial charge in [0.2, 0.25) is 5.91 Å². The first-order chi connectivity index (χ1) is 7.86. The molecule has 0 N–H and O–H groups in total. The van der Waals surface area contributed by atoms with Crippen LogP contribution in [0.3, 0.4) is 0 Å². The Morgan fingerprint density at radius 3 is 2.38 bits per heavy atom. The number of nitrogens with zero attached hydrogens (tertiary/aromatic N) is 2. The van der Waals surface area contributed by atoms with Gasteiger partial charge in [-0.3, -0.25) is 9.78 Å². The highest BCUT2D eigenvalue weighted by Crippen LogP contribution is 2.11. The average Bonchev–Trinajstić information content (AvgIpc) is 2.59. The van der Waals surface area contributed by atoms with Gasteiger partial charge in [0, 0.05) is 25.5 Å². The van der Waals surface area contributed by atoms with Crippen molar-refractivity contribution in [2.24, 2.45) is 0 Å². The first-order valence-electron chi connectivity index (χ1n) is 6.03. The first-order valence-corrected chi connectivity index (χ1v) is 6.03. The maximum atomic E-state index is 12.0. The van der Waals surface area contributed by atoms with Gasteiger partial charge >= 0.3 is 0 Å². The van der Waals surface area contributed by atoms with Gasteiger partial charge in [-0.25, -0.2) is 0 Å². The van der Waals surface area contributed by atoms with E-state index in [0.717, 1.165) is 31.5 Å². The predicted octanol–water partition coefficient (Wildman–Crippen LogP) is 2.03. The third kappa shape index (κ3) is 3.05. The van der Waals surface area contributed by atoms with Crippen LogP contribution in [0.2, 0.25) is 0 Å². The number of hydrogen-bond donors (Lipinski definition) is 0. The molecule has 0 saturated carbocycles. The van der Waals surface area contributed by atoms with Crippen LogP contribution in [-0.4, -0.2) is 28.9 Å². The normalized spacial score (nSPS) is 16.9. The van der Waals surface area contributed by atoms with E-state index in [2.05, 4.69) is 4.98 Å². The molecule has 1 amide bonds. The van der Waals surface area contributed by atoms with E-state index in [0.29, 0.717) is 6.42 Å². The lowest BCUT2D eigenvalue weighted by Crippen LogP contribution is -2.33. The number of aromatic nitrogens is 1. The zero-order valence-corrected chi connectivity index (χ0v) is 9.56. The van der Waals surface area contributed by atoms with E-state index < -0.39 is 0 Å². The van der Waals surface area contributed by atoms with Gasteiger partial charge in [0.25, 0.3) is 0 Å². The fourth-order valence-electron chi connectivity index (χ4n) is 2.11. The highest BCUT2D eigenvalue weighted by atomic mass is 16.2. The maximum Gasteiger partial charge on any atom is 0.226 e. The smallest absolute Gasteiger partial charge is 0.226 e. The highest BCUT2D eigenvalue weighted by Gasteiger charge is 2.15. The summed E-state index contributed by atoms with van der Waals surface area (Å²) in [4.78, 5) is 18.0. The molecule has 0 atom stereocenters. The van der Waals surface area contributed by atoms with E-state index >= 15 is 0 Å². The predicted molar refractivity (Wildman–Crippen MR) is 63.0 cm³/mol. The molecule has 2 heterocycles. The van der Waals surface area contributed by atoms with Crippen LogP contribution in [0.25, 0.3) is 0 Å². The summed E-state index contributed by atoms with van der Waals surface area (Å²) >= 11 is 0. The van der Waals surface area contributed by atoms with Crippen molar-refractivity contribution in [2.45, 2.75) is 32.1 Å². The Morgan fingerprint density at radius 2 is 1.75 bits per heavy atom. The lowest BCUT2D eigenvalue weighted by Gasteiger charge is -2.20. The molecule has 0 unspecified atom stereocenters. The molecular weight excluding hydrogens is 200 g/mol. The number of pyridine rings is 1. The third-order valence-electron chi connectivity index (χ3n) is 3.06. The van der Waals surface area contributed by atoms with Crippen molar-refractivity contribution in [3.8, 4) is 0 Å². The molecule has 3 heteroatoms. The van der Waals surface area contributed by atoms with Crippen molar-refractivity contribution in [1.82, 2.24) is 9.88 Å². The zero-order valence-electron chi connectivity index (χ0n) is 9.56. The molecule has 0 bridgehead atoms. The summed E-state index contributed by atoms with van der Waals surface area (Å²) in [5, 5.41) is 0. The Labute approximate surface area is 96.5 Å². The average molecular weight is 218 g/mol. The Bertz CT molecular complexity index is 329. The first kappa shape index (κ1) is 11.1. The summed E-state index contributed by atoms with van der Waals surface area (Å²) in [6, 6.07) is 3.82. The number of carbonyl (C=O) groups excluding carboxylic acids is 1. The summed E-state index contributed by atoms with van der Waals surface area (Å²) in [7, 11) is 0. The second-order valence-electron chi connectivity index (χ2n) is 4.33. The molecule has 0 radical (unpaired) electrons. The number of rotatable bonds is 2. The Kier molecular flexibility index (Phi) is 3.91. The molecule has 0 aliphatic carbocycles. The zero-order chi connectivity index (χ0) is 11.2. The van der Waals surface area contributed by atoms with E-state index in [1.807, 2.05) is 17.0 Å². The number of likely N-dealkylation sites (tertiary alicyclic amines) is 1. The number of carbonyl (C=O) groups is 1. The maximum absolute atomic E-state index is 12.0. The standard InChI is InChI=1S/C13H18N2O/c16-13(11-12-5-7-14-8-6-12)15-9-3-1-2-4-10-15/h5-8H,1-4,9-11H2. The van der Waals surface area contributed by atoms with Crippen LogP contribution in [0.1, 0.15) is 31.2 Å². The molecule has 1 aromatic heterocycles. The van der Waals surface area contributed by atoms with E-state index in [4.69, 9.17) is 0 Å². The summed E-state index contributed by atoms with van der Waals surface area (Å²) in [5.74, 6) is 0.258. The van der Waals surface area contributed by atoms with Crippen LogP contribution in [0.4, 0.5) is 0 Å². The van der Waals surface area contributed by atoms with Gasteiger partial charge in [0.1, 0.15) is 0 Å². The molecule has 1 aliphatic rings. The number of hydrogen-bond acceptors (Lipinski definition) is 2. The monoisotopic (exact) mass is 218 g/mol. The third-order valence-corrected chi connectivity index (χ3v) is 3.06. The highest BCUT2D eigenvalue weighted by molar-refractivity contribution is 5.78. The van der Waals surface area contributed by atoms with Gasteiger partial charge < -0.3 is 4.90 Å². The van der Waals surface area contributed by atoms with Crippen LogP contribution in [0.5, 0.6) is 0 Å². The summed E-state index contributed by atoms with van der Waals surface area (Å²) < 4.78 is 0. The molecule has 16 heavy (non-hydrogen) atoms. The van der Waals surface area contributed by atoms with Crippen LogP contribution in [-0.2, 0) is 11.2 Å². The Morgan fingerprint density at radius 1 is 1.12 bits per heavy atom. The van der Waals surface area contributed by atoms with Gasteiger partial charge in [-0.15, -0.1) is 0 Å². The fraction of sp³-hybridized carbons (Fsp3) is 0.538. The molecule has 3 nitrogen and oxygen atoms in total. The van der Waals surface area contributed by atoms with Crippen molar-refractivity contribution >= 4 is 5.91 Å². The van der Waals surface area contributed by atoms with Crippen molar-refractivity contribution in [1.29, 1.82) is 0 Å². The molecule has 1 aliphatic heterocycles. The van der Waals surface area contributed by atoms with Crippen molar-refractivity contribution in [3.63, 3.8) is 0 Å². The van der Waals surface area contributed by atoms with Crippen LogP contribution < -0.4 is 0 Å². The summed E-state index contributed by atoms with van der Waals surface area (Å²) in [6.07, 6.45) is 8.83. The van der Waals surface area contributed by atoms with E-state index in [-0.39, 0.29) is 5.91 Å². The van der Waals surface area contributed by atoms with Gasteiger partial charge in [-0.05, 0) is 30.5 Å². The SMILES string of the molecule is O=C(Cc1ccncc1)N1CCCCCC1. The Hall–Kier alpha value is -1.38. The van der Waals surface area contributed by atoms with E-state index in [1.54, 1.807) is 12.4 Å². The molecule has 0 aromatic carbocycles. The molecule has 1 saturated heterocycles. The molecular formula is C13H18N2O. The largest absolute Gasteiger partial charge is 0.342 e. The molecule has 2 rings (SSSR count). The van der Waals surface area contributed by atoms with E-state index in [9.17, 15) is 4.79 Å². The van der Waals surface area contributed by atoms with Crippen molar-refractivity contribution in [3.05, 3.63) is 30.1 Å². The minimum Gasteiger partial charge on any atom is -0.342 e. The summed E-state index contributed by atoms with van der Waals surface area (Å²) in [6.45, 7) is 1.87. The lowest BCUT2D eigenvalue weighted by molar-refractivity contribution is -0.130. The van der Waals surface area contributed by atoms with Crippen LogP contribution in [0.15, 0.2) is 24.5 Å².